The van der Waals surface area contributed by atoms with Crippen LogP contribution in [0, 0.1) is 10.8 Å². The van der Waals surface area contributed by atoms with Crippen molar-refractivity contribution in [2.75, 3.05) is 26.4 Å². The zero-order chi connectivity index (χ0) is 32.4. The second-order valence-electron chi connectivity index (χ2n) is 11.8. The number of carbonyl (C=O) groups excluding carboxylic acids is 3. The van der Waals surface area contributed by atoms with Crippen LogP contribution >= 0.6 is 11.3 Å². The summed E-state index contributed by atoms with van der Waals surface area (Å²) in [5.41, 5.74) is 5.86. The first-order chi connectivity index (χ1) is 21.6. The molecule has 1 aromatic heterocycles. The molecule has 1 saturated heterocycles. The molecule has 1 unspecified atom stereocenters. The maximum atomic E-state index is 13.6. The first-order valence-electron chi connectivity index (χ1n) is 15.4. The van der Waals surface area contributed by atoms with Crippen molar-refractivity contribution in [1.29, 1.82) is 5.41 Å². The van der Waals surface area contributed by atoms with E-state index < -0.39 is 12.0 Å². The Hall–Kier alpha value is -3.97. The number of amides is 3. The van der Waals surface area contributed by atoms with Gasteiger partial charge in [0.2, 0.25) is 17.7 Å². The van der Waals surface area contributed by atoms with Gasteiger partial charge in [0.1, 0.15) is 17.6 Å². The number of nitrogens with zero attached hydrogens (tertiary/aromatic N) is 1. The molecule has 12 nitrogen and oxygen atoms in total. The van der Waals surface area contributed by atoms with Crippen molar-refractivity contribution in [1.82, 2.24) is 15.5 Å². The minimum atomic E-state index is -0.809. The lowest BCUT2D eigenvalue weighted by Crippen LogP contribution is -2.51. The van der Waals surface area contributed by atoms with Gasteiger partial charge < -0.3 is 35.8 Å². The molecule has 13 heteroatoms. The molecule has 244 valence electrons. The Balaban J connectivity index is 1.30. The largest absolute Gasteiger partial charge is 0.494 e. The number of piperidine rings is 1. The highest BCUT2D eigenvalue weighted by atomic mass is 32.1. The zero-order valence-corrected chi connectivity index (χ0v) is 26.4. The van der Waals surface area contributed by atoms with E-state index >= 15 is 0 Å². The normalized spacial score (nSPS) is 20.6. The van der Waals surface area contributed by atoms with Gasteiger partial charge in [-0.3, -0.25) is 24.6 Å². The van der Waals surface area contributed by atoms with Gasteiger partial charge in [-0.05, 0) is 57.2 Å². The zero-order valence-electron chi connectivity index (χ0n) is 25.6. The fraction of sp³-hybridized carbons (Fsp3) is 0.531. The summed E-state index contributed by atoms with van der Waals surface area (Å²) in [6.45, 7) is 2.90. The van der Waals surface area contributed by atoms with Crippen molar-refractivity contribution in [3.8, 4) is 5.75 Å². The second-order valence-corrected chi connectivity index (χ2v) is 12.7. The fourth-order valence-electron chi connectivity index (χ4n) is 5.75. The molecule has 2 heterocycles. The number of fused-ring (bicyclic) bond motifs is 1. The maximum Gasteiger partial charge on any atom is 0.303 e. The van der Waals surface area contributed by atoms with Crippen molar-refractivity contribution >= 4 is 40.9 Å². The number of nitrogens with one attached hydrogen (secondary N) is 3. The Morgan fingerprint density at radius 2 is 1.89 bits per heavy atom. The highest BCUT2D eigenvalue weighted by molar-refractivity contribution is 7.10. The number of ether oxygens (including phenoxy) is 2. The predicted octanol–water partition coefficient (Wildman–Crippen LogP) is 3.21. The molecule has 1 aliphatic heterocycles. The average molecular weight is 642 g/mol. The number of nitrogen functional groups attached to an aromatic ring is 1. The number of rotatable bonds is 19. The standard InChI is InChI=1S/C32H43N5O7S/c1-21(25-15-22(19-45-25)30(33)34)36-31(42)24-16-32(20-43-13-7-3-6-12-29(40)41)17-26(32)37(24)28(39)18-35-27(38)11-8-14-44-23-9-4-2-5-10-23/h2,4-5,9-10,15,19,21,24,26H,3,6-8,11-14,16-18,20H2,1H3,(H3,33,34)(H,35,38)(H,36,42)(H,40,41)/t21?,24-,26-,32+/m0/s1. The predicted molar refractivity (Wildman–Crippen MR) is 169 cm³/mol. The van der Waals surface area contributed by atoms with Gasteiger partial charge in [-0.1, -0.05) is 24.6 Å². The van der Waals surface area contributed by atoms with Crippen LogP contribution in [0.2, 0.25) is 0 Å². The number of nitrogens with two attached hydrogens (primary N) is 1. The number of benzene rings is 1. The van der Waals surface area contributed by atoms with Gasteiger partial charge in [-0.15, -0.1) is 11.3 Å². The number of likely N-dealkylation sites (tertiary alicyclic amines) is 1. The third-order valence-corrected chi connectivity index (χ3v) is 9.41. The molecule has 2 aromatic rings. The number of carboxylic acid groups (broad SMARTS) is 1. The number of unbranched alkanes of at least 4 members (excludes halogenated alkanes) is 2. The van der Waals surface area contributed by atoms with Crippen LogP contribution in [-0.4, -0.2) is 78.0 Å². The van der Waals surface area contributed by atoms with Gasteiger partial charge in [-0.2, -0.15) is 0 Å². The molecule has 6 N–H and O–H groups in total. The number of amidine groups is 1. The Morgan fingerprint density at radius 1 is 1.11 bits per heavy atom. The van der Waals surface area contributed by atoms with Crippen LogP contribution < -0.4 is 21.1 Å². The van der Waals surface area contributed by atoms with E-state index in [-0.39, 0.29) is 60.4 Å². The van der Waals surface area contributed by atoms with Crippen molar-refractivity contribution in [2.45, 2.75) is 76.4 Å². The molecule has 1 saturated carbocycles. The highest BCUT2D eigenvalue weighted by Gasteiger charge is 2.67. The number of hydrogen-bond acceptors (Lipinski definition) is 8. The van der Waals surface area contributed by atoms with Crippen LogP contribution in [-0.2, 0) is 23.9 Å². The lowest BCUT2D eigenvalue weighted by molar-refractivity contribution is -0.140. The van der Waals surface area contributed by atoms with Crippen molar-refractivity contribution in [3.63, 3.8) is 0 Å². The number of carbonyl (C=O) groups is 4. The molecule has 3 amide bonds. The first-order valence-corrected chi connectivity index (χ1v) is 16.3. The fourth-order valence-corrected chi connectivity index (χ4v) is 6.66. The number of carboxylic acids is 1. The van der Waals surface area contributed by atoms with Crippen LogP contribution in [0.25, 0.3) is 0 Å². The number of para-hydroxylation sites is 1. The average Bonchev–Trinajstić information content (AvgIpc) is 3.34. The highest BCUT2D eigenvalue weighted by Crippen LogP contribution is 2.59. The van der Waals surface area contributed by atoms with E-state index in [1.165, 1.54) is 11.3 Å². The molecule has 0 radical (unpaired) electrons. The van der Waals surface area contributed by atoms with E-state index in [0.717, 1.165) is 29.9 Å². The van der Waals surface area contributed by atoms with Crippen molar-refractivity contribution in [2.24, 2.45) is 11.1 Å². The van der Waals surface area contributed by atoms with E-state index in [4.69, 9.17) is 25.7 Å². The molecule has 2 aliphatic rings. The molecule has 4 atom stereocenters. The third-order valence-electron chi connectivity index (χ3n) is 8.29. The SMILES string of the molecule is CC(NC(=O)[C@@H]1C[C@]2(COCCCCCC(=O)O)C[C@@H]2N1C(=O)CNC(=O)CCCOc1ccccc1)c1cc(C(=N)N)cs1. The second kappa shape index (κ2) is 15.8. The summed E-state index contributed by atoms with van der Waals surface area (Å²) < 4.78 is 11.6. The number of aliphatic carboxylic acids is 1. The van der Waals surface area contributed by atoms with Crippen LogP contribution in [0.4, 0.5) is 0 Å². The van der Waals surface area contributed by atoms with Crippen molar-refractivity contribution in [3.05, 3.63) is 52.2 Å². The minimum absolute atomic E-state index is 0.0433. The van der Waals surface area contributed by atoms with E-state index in [1.807, 2.05) is 37.3 Å². The Labute approximate surface area is 267 Å². The summed E-state index contributed by atoms with van der Waals surface area (Å²) in [6, 6.07) is 9.89. The Morgan fingerprint density at radius 3 is 2.60 bits per heavy atom. The number of hydrogen-bond donors (Lipinski definition) is 5. The van der Waals surface area contributed by atoms with E-state index in [1.54, 1.807) is 16.3 Å². The Bertz CT molecular complexity index is 1350. The molecule has 45 heavy (non-hydrogen) atoms. The summed E-state index contributed by atoms with van der Waals surface area (Å²) in [4.78, 5) is 52.7. The van der Waals surface area contributed by atoms with E-state index in [0.29, 0.717) is 44.6 Å². The molecule has 2 fully saturated rings. The summed E-state index contributed by atoms with van der Waals surface area (Å²) in [5.74, 6) is -0.979. The van der Waals surface area contributed by atoms with Crippen LogP contribution in [0.3, 0.4) is 0 Å². The topological polar surface area (TPSA) is 184 Å². The molecule has 0 bridgehead atoms. The molecular weight excluding hydrogens is 598 g/mol. The smallest absolute Gasteiger partial charge is 0.303 e. The monoisotopic (exact) mass is 641 g/mol. The Kier molecular flexibility index (Phi) is 11.9. The van der Waals surface area contributed by atoms with Gasteiger partial charge in [0, 0.05) is 46.7 Å². The van der Waals surface area contributed by atoms with Gasteiger partial charge in [0.15, 0.2) is 0 Å². The summed E-state index contributed by atoms with van der Waals surface area (Å²) in [6.07, 6.45) is 4.10. The summed E-state index contributed by atoms with van der Waals surface area (Å²) in [5, 5.41) is 23.9. The van der Waals surface area contributed by atoms with Gasteiger partial charge in [0.25, 0.3) is 0 Å². The van der Waals surface area contributed by atoms with Gasteiger partial charge in [0.05, 0.1) is 25.8 Å². The minimum Gasteiger partial charge on any atom is -0.494 e. The molecular formula is C32H43N5O7S. The molecule has 1 aromatic carbocycles. The quantitative estimate of drug-likeness (QED) is 0.0880. The summed E-state index contributed by atoms with van der Waals surface area (Å²) >= 11 is 1.40. The summed E-state index contributed by atoms with van der Waals surface area (Å²) in [7, 11) is 0. The molecule has 1 aliphatic carbocycles. The third kappa shape index (κ3) is 9.51. The van der Waals surface area contributed by atoms with Crippen molar-refractivity contribution < 1.29 is 33.8 Å². The first kappa shape index (κ1) is 33.9. The van der Waals surface area contributed by atoms with Crippen LogP contribution in [0.1, 0.15) is 74.8 Å². The lowest BCUT2D eigenvalue weighted by Gasteiger charge is -2.28. The van der Waals surface area contributed by atoms with Gasteiger partial charge in [-0.25, -0.2) is 0 Å². The maximum absolute atomic E-state index is 13.6. The van der Waals surface area contributed by atoms with Gasteiger partial charge >= 0.3 is 5.97 Å². The van der Waals surface area contributed by atoms with E-state index in [9.17, 15) is 19.2 Å². The van der Waals surface area contributed by atoms with E-state index in [2.05, 4.69) is 10.6 Å². The number of thiophene rings is 1. The molecule has 4 rings (SSSR count). The molecule has 0 spiro atoms. The van der Waals surface area contributed by atoms with Crippen LogP contribution in [0.15, 0.2) is 41.8 Å². The lowest BCUT2D eigenvalue weighted by atomic mass is 10.00. The van der Waals surface area contributed by atoms with Crippen LogP contribution in [0.5, 0.6) is 5.75 Å².